The third kappa shape index (κ3) is 6.10. The van der Waals surface area contributed by atoms with E-state index in [1.807, 2.05) is 4.90 Å². The van der Waals surface area contributed by atoms with Crippen LogP contribution in [-0.4, -0.2) is 70.2 Å². The molecule has 12 nitrogen and oxygen atoms in total. The van der Waals surface area contributed by atoms with E-state index in [9.17, 15) is 22.8 Å². The van der Waals surface area contributed by atoms with E-state index in [2.05, 4.69) is 25.5 Å². The Kier molecular flexibility index (Phi) is 8.25. The Labute approximate surface area is 248 Å². The van der Waals surface area contributed by atoms with Gasteiger partial charge in [-0.15, -0.1) is 10.2 Å². The van der Waals surface area contributed by atoms with Crippen molar-refractivity contribution in [1.29, 1.82) is 0 Å². The predicted molar refractivity (Wildman–Crippen MR) is 153 cm³/mol. The fourth-order valence-electron chi connectivity index (χ4n) is 4.50. The van der Waals surface area contributed by atoms with Gasteiger partial charge in [0.1, 0.15) is 17.0 Å². The minimum Gasteiger partial charge on any atom is -0.494 e. The van der Waals surface area contributed by atoms with Crippen LogP contribution >= 0.6 is 11.3 Å². The van der Waals surface area contributed by atoms with Gasteiger partial charge in [0.05, 0.1) is 13.2 Å². The van der Waals surface area contributed by atoms with Gasteiger partial charge in [0.2, 0.25) is 22.1 Å². The van der Waals surface area contributed by atoms with Crippen LogP contribution in [0.15, 0.2) is 28.7 Å². The van der Waals surface area contributed by atoms with Crippen LogP contribution in [0.4, 0.5) is 23.4 Å². The van der Waals surface area contributed by atoms with Crippen molar-refractivity contribution >= 4 is 44.3 Å². The van der Waals surface area contributed by atoms with Crippen molar-refractivity contribution in [2.45, 2.75) is 33.0 Å². The highest BCUT2D eigenvalue weighted by Crippen LogP contribution is 2.37. The van der Waals surface area contributed by atoms with Crippen LogP contribution in [0.1, 0.15) is 48.8 Å². The maximum Gasteiger partial charge on any atom is 0.433 e. The fourth-order valence-corrected chi connectivity index (χ4v) is 5.30. The van der Waals surface area contributed by atoms with E-state index >= 15 is 0 Å². The Morgan fingerprint density at radius 2 is 1.79 bits per heavy atom. The first kappa shape index (κ1) is 30.2. The molecule has 2 amide bonds. The molecule has 1 aliphatic rings. The number of oxazole rings is 1. The molecule has 1 aromatic carbocycles. The molecule has 43 heavy (non-hydrogen) atoms. The molecule has 4 aromatic rings. The van der Waals surface area contributed by atoms with Gasteiger partial charge in [0.25, 0.3) is 5.91 Å². The Bertz CT molecular complexity index is 1660. The van der Waals surface area contributed by atoms with Crippen molar-refractivity contribution in [2.24, 2.45) is 11.7 Å². The lowest BCUT2D eigenvalue weighted by molar-refractivity contribution is -0.141. The van der Waals surface area contributed by atoms with E-state index in [4.69, 9.17) is 14.9 Å². The van der Waals surface area contributed by atoms with Gasteiger partial charge in [-0.05, 0) is 31.2 Å². The number of nitrogens with two attached hydrogens (primary N) is 1. The number of piperazine rings is 1. The number of nitrogens with zero attached hydrogens (tertiary/aromatic N) is 6. The number of carbonyl (C=O) groups is 2. The second-order valence-electron chi connectivity index (χ2n) is 10.2. The van der Waals surface area contributed by atoms with Crippen molar-refractivity contribution < 1.29 is 31.9 Å². The van der Waals surface area contributed by atoms with Gasteiger partial charge < -0.3 is 30.0 Å². The number of methoxy groups -OCH3 is 1. The molecular formula is C27H29F3N8O4S. The maximum absolute atomic E-state index is 13.6. The highest BCUT2D eigenvalue weighted by atomic mass is 32.1. The summed E-state index contributed by atoms with van der Waals surface area (Å²) in [5, 5.41) is 12.3. The van der Waals surface area contributed by atoms with E-state index < -0.39 is 17.9 Å². The smallest absolute Gasteiger partial charge is 0.433 e. The molecule has 3 N–H and O–H groups in total. The lowest BCUT2D eigenvalue weighted by atomic mass is 10.1. The first-order valence-corrected chi connectivity index (χ1v) is 14.2. The van der Waals surface area contributed by atoms with E-state index in [0.717, 1.165) is 6.07 Å². The normalized spacial score (nSPS) is 14.8. The fraction of sp³-hybridized carbons (Fsp3) is 0.407. The van der Waals surface area contributed by atoms with Crippen LogP contribution in [0, 0.1) is 5.92 Å². The summed E-state index contributed by atoms with van der Waals surface area (Å²) in [6.07, 6.45) is -4.65. The largest absolute Gasteiger partial charge is 0.494 e. The quantitative estimate of drug-likeness (QED) is 0.306. The molecule has 0 saturated carbocycles. The molecule has 0 aliphatic carbocycles. The molecule has 1 aliphatic heterocycles. The summed E-state index contributed by atoms with van der Waals surface area (Å²) in [7, 11) is 1.33. The molecule has 3 aromatic heterocycles. The zero-order valence-corrected chi connectivity index (χ0v) is 24.5. The monoisotopic (exact) mass is 618 g/mol. The Hall–Kier alpha value is -4.31. The van der Waals surface area contributed by atoms with E-state index in [1.165, 1.54) is 30.6 Å². The first-order valence-electron chi connectivity index (χ1n) is 13.4. The van der Waals surface area contributed by atoms with Crippen molar-refractivity contribution in [3.8, 4) is 17.2 Å². The number of halogens is 3. The number of alkyl halides is 3. The average molecular weight is 619 g/mol. The average Bonchev–Trinajstić information content (AvgIpc) is 3.63. The minimum atomic E-state index is -4.65. The van der Waals surface area contributed by atoms with Gasteiger partial charge >= 0.3 is 6.18 Å². The third-order valence-corrected chi connectivity index (χ3v) is 7.74. The summed E-state index contributed by atoms with van der Waals surface area (Å²) in [6.45, 7) is 6.84. The molecule has 0 unspecified atom stereocenters. The summed E-state index contributed by atoms with van der Waals surface area (Å²) in [5.74, 6) is -0.418. The van der Waals surface area contributed by atoms with Crippen LogP contribution in [0.25, 0.3) is 22.4 Å². The van der Waals surface area contributed by atoms with Gasteiger partial charge in [0, 0.05) is 43.0 Å². The number of rotatable bonds is 7. The van der Waals surface area contributed by atoms with Gasteiger partial charge in [0.15, 0.2) is 11.5 Å². The number of hydrogen-bond donors (Lipinski definition) is 2. The van der Waals surface area contributed by atoms with Crippen molar-refractivity contribution in [1.82, 2.24) is 25.1 Å². The molecule has 16 heteroatoms. The molecule has 4 heterocycles. The van der Waals surface area contributed by atoms with Crippen molar-refractivity contribution in [3.05, 3.63) is 41.4 Å². The summed E-state index contributed by atoms with van der Waals surface area (Å²) in [4.78, 5) is 37.4. The lowest BCUT2D eigenvalue weighted by Crippen LogP contribution is -2.49. The second kappa shape index (κ2) is 11.8. The number of hydrogen-bond acceptors (Lipinski definition) is 11. The first-order chi connectivity index (χ1) is 20.4. The standard InChI is InChI=1S/C27H29F3N8O4S/c1-13(2)22(39)34-25-35-36-26(43-25)38-11-9-37(10-12-38)24(40)20-21(14(3)31)42-23(33-20)16-5-7-17(41-4)19-15(16)6-8-18(32-19)27(28,29)30/h5-8,13-14H,9-12,31H2,1-4H3,(H,34,35,39)/t14-/m0/s1. The summed E-state index contributed by atoms with van der Waals surface area (Å²) >= 11 is 1.25. The molecule has 0 bridgehead atoms. The highest BCUT2D eigenvalue weighted by molar-refractivity contribution is 7.19. The van der Waals surface area contributed by atoms with Gasteiger partial charge in [-0.1, -0.05) is 25.2 Å². The number of carbonyl (C=O) groups excluding carboxylic acids is 2. The van der Waals surface area contributed by atoms with Crippen LogP contribution in [-0.2, 0) is 11.0 Å². The number of pyridine rings is 1. The molecule has 0 radical (unpaired) electrons. The molecule has 1 atom stereocenters. The zero-order valence-electron chi connectivity index (χ0n) is 23.7. The van der Waals surface area contributed by atoms with Crippen LogP contribution in [0.3, 0.4) is 0 Å². The van der Waals surface area contributed by atoms with Gasteiger partial charge in [-0.25, -0.2) is 9.97 Å². The van der Waals surface area contributed by atoms with E-state index in [-0.39, 0.29) is 46.3 Å². The number of anilines is 2. The van der Waals surface area contributed by atoms with Crippen LogP contribution in [0.2, 0.25) is 0 Å². The Balaban J connectivity index is 1.38. The Morgan fingerprint density at radius 3 is 2.42 bits per heavy atom. The van der Waals surface area contributed by atoms with Crippen molar-refractivity contribution in [3.63, 3.8) is 0 Å². The number of ether oxygens (including phenoxy) is 1. The second-order valence-corrected chi connectivity index (χ2v) is 11.2. The molecular weight excluding hydrogens is 589 g/mol. The lowest BCUT2D eigenvalue weighted by Gasteiger charge is -2.34. The number of aromatic nitrogens is 4. The van der Waals surface area contributed by atoms with E-state index in [0.29, 0.717) is 47.4 Å². The maximum atomic E-state index is 13.6. The third-order valence-electron chi connectivity index (χ3n) is 6.84. The summed E-state index contributed by atoms with van der Waals surface area (Å²) in [5.41, 5.74) is 5.40. The Morgan fingerprint density at radius 1 is 1.07 bits per heavy atom. The zero-order chi connectivity index (χ0) is 31.1. The summed E-state index contributed by atoms with van der Waals surface area (Å²) < 4.78 is 51.3. The highest BCUT2D eigenvalue weighted by Gasteiger charge is 2.34. The van der Waals surface area contributed by atoms with E-state index in [1.54, 1.807) is 31.7 Å². The number of nitrogens with one attached hydrogen (secondary N) is 1. The number of fused-ring (bicyclic) bond motifs is 1. The SMILES string of the molecule is COc1ccc(-c2nc(C(=O)N3CCN(c4nnc(NC(=O)C(C)C)s4)CC3)c([C@H](C)N)o2)c2ccc(C(F)(F)F)nc12. The molecule has 0 spiro atoms. The van der Waals surface area contributed by atoms with Crippen LogP contribution < -0.4 is 20.7 Å². The minimum absolute atomic E-state index is 0.0216. The molecule has 5 rings (SSSR count). The molecule has 1 saturated heterocycles. The van der Waals surface area contributed by atoms with Gasteiger partial charge in [-0.2, -0.15) is 13.2 Å². The topological polar surface area (TPSA) is 153 Å². The molecule has 1 fully saturated rings. The van der Waals surface area contributed by atoms with Gasteiger partial charge in [-0.3, -0.25) is 9.59 Å². The van der Waals surface area contributed by atoms with Crippen molar-refractivity contribution in [2.75, 3.05) is 43.5 Å². The number of benzene rings is 1. The summed E-state index contributed by atoms with van der Waals surface area (Å²) in [6, 6.07) is 4.49. The molecule has 228 valence electrons. The predicted octanol–water partition coefficient (Wildman–Crippen LogP) is 4.35. The van der Waals surface area contributed by atoms with Crippen LogP contribution in [0.5, 0.6) is 5.75 Å². The number of amides is 2.